The Kier molecular flexibility index (Phi) is 3.95. The van der Waals surface area contributed by atoms with Gasteiger partial charge in [-0.25, -0.2) is 0 Å². The highest BCUT2D eigenvalue weighted by Crippen LogP contribution is 2.31. The summed E-state index contributed by atoms with van der Waals surface area (Å²) in [6.07, 6.45) is 2.77. The van der Waals surface area contributed by atoms with E-state index in [0.717, 1.165) is 12.1 Å². The lowest BCUT2D eigenvalue weighted by Crippen LogP contribution is -2.01. The van der Waals surface area contributed by atoms with Crippen LogP contribution in [0.5, 0.6) is 0 Å². The average molecular weight is 290 g/mol. The Bertz CT molecular complexity index is 473. The molecule has 0 bridgehead atoms. The number of halogens is 1. The standard InChI is InChI=1S/C15H16BrN/c1-11-6-5-7-12(2)15(11)14(16)10-13-8-3-4-9-17-13/h3-9,14H,10H2,1-2H3. The lowest BCUT2D eigenvalue weighted by Gasteiger charge is -2.15. The van der Waals surface area contributed by atoms with Crippen molar-refractivity contribution in [2.45, 2.75) is 25.1 Å². The van der Waals surface area contributed by atoms with E-state index in [0.29, 0.717) is 4.83 Å². The second kappa shape index (κ2) is 5.46. The smallest absolute Gasteiger partial charge is 0.0455 e. The lowest BCUT2D eigenvalue weighted by atomic mass is 9.98. The number of hydrogen-bond donors (Lipinski definition) is 0. The van der Waals surface area contributed by atoms with E-state index in [4.69, 9.17) is 0 Å². The Morgan fingerprint density at radius 2 is 1.76 bits per heavy atom. The van der Waals surface area contributed by atoms with Crippen LogP contribution in [0.2, 0.25) is 0 Å². The summed E-state index contributed by atoms with van der Waals surface area (Å²) in [6, 6.07) is 12.5. The summed E-state index contributed by atoms with van der Waals surface area (Å²) in [4.78, 5) is 4.71. The molecule has 0 aliphatic carbocycles. The summed E-state index contributed by atoms with van der Waals surface area (Å²) >= 11 is 3.78. The maximum atomic E-state index is 4.37. The molecule has 1 unspecified atom stereocenters. The highest BCUT2D eigenvalue weighted by molar-refractivity contribution is 9.09. The van der Waals surface area contributed by atoms with E-state index in [9.17, 15) is 0 Å². The molecule has 2 heteroatoms. The normalized spacial score (nSPS) is 12.4. The van der Waals surface area contributed by atoms with Crippen LogP contribution in [0.4, 0.5) is 0 Å². The molecule has 88 valence electrons. The fraction of sp³-hybridized carbons (Fsp3) is 0.267. The van der Waals surface area contributed by atoms with Crippen molar-refractivity contribution in [1.82, 2.24) is 4.98 Å². The summed E-state index contributed by atoms with van der Waals surface area (Å²) in [5.41, 5.74) is 5.18. The van der Waals surface area contributed by atoms with Crippen LogP contribution in [0.15, 0.2) is 42.6 Å². The first-order valence-corrected chi connectivity index (χ1v) is 6.70. The van der Waals surface area contributed by atoms with Crippen molar-refractivity contribution in [3.8, 4) is 0 Å². The maximum absolute atomic E-state index is 4.37. The van der Waals surface area contributed by atoms with Gasteiger partial charge in [0.25, 0.3) is 0 Å². The highest BCUT2D eigenvalue weighted by atomic mass is 79.9. The van der Waals surface area contributed by atoms with Gasteiger partial charge in [0, 0.05) is 23.1 Å². The fourth-order valence-corrected chi connectivity index (χ4v) is 3.18. The van der Waals surface area contributed by atoms with Crippen LogP contribution in [0.3, 0.4) is 0 Å². The van der Waals surface area contributed by atoms with E-state index in [1.165, 1.54) is 16.7 Å². The van der Waals surface area contributed by atoms with Gasteiger partial charge in [0.2, 0.25) is 0 Å². The number of benzene rings is 1. The van der Waals surface area contributed by atoms with Crippen LogP contribution in [-0.2, 0) is 6.42 Å². The summed E-state index contributed by atoms with van der Waals surface area (Å²) < 4.78 is 0. The molecule has 0 saturated carbocycles. The summed E-state index contributed by atoms with van der Waals surface area (Å²) in [6.45, 7) is 4.32. The molecule has 1 aromatic carbocycles. The molecule has 0 N–H and O–H groups in total. The van der Waals surface area contributed by atoms with Gasteiger partial charge in [-0.3, -0.25) is 4.98 Å². The summed E-state index contributed by atoms with van der Waals surface area (Å²) in [7, 11) is 0. The number of pyridine rings is 1. The minimum absolute atomic E-state index is 0.332. The molecule has 1 nitrogen and oxygen atoms in total. The van der Waals surface area contributed by atoms with Gasteiger partial charge in [-0.2, -0.15) is 0 Å². The van der Waals surface area contributed by atoms with Crippen LogP contribution < -0.4 is 0 Å². The molecule has 0 saturated heterocycles. The quantitative estimate of drug-likeness (QED) is 0.765. The molecule has 1 heterocycles. The number of aromatic nitrogens is 1. The Balaban J connectivity index is 2.23. The molecule has 17 heavy (non-hydrogen) atoms. The van der Waals surface area contributed by atoms with Crippen LogP contribution in [-0.4, -0.2) is 4.98 Å². The van der Waals surface area contributed by atoms with Gasteiger partial charge in [-0.05, 0) is 42.7 Å². The zero-order chi connectivity index (χ0) is 12.3. The molecule has 0 amide bonds. The van der Waals surface area contributed by atoms with Crippen molar-refractivity contribution in [2.75, 3.05) is 0 Å². The molecule has 0 radical (unpaired) electrons. The first kappa shape index (κ1) is 12.3. The zero-order valence-electron chi connectivity index (χ0n) is 10.2. The Morgan fingerprint density at radius 3 is 2.35 bits per heavy atom. The van der Waals surface area contributed by atoms with Gasteiger partial charge in [0.05, 0.1) is 0 Å². The van der Waals surface area contributed by atoms with Gasteiger partial charge < -0.3 is 0 Å². The first-order valence-electron chi connectivity index (χ1n) is 5.78. The Hall–Kier alpha value is -1.15. The number of alkyl halides is 1. The molecule has 2 aromatic rings. The maximum Gasteiger partial charge on any atom is 0.0455 e. The number of nitrogens with zero attached hydrogens (tertiary/aromatic N) is 1. The van der Waals surface area contributed by atoms with Gasteiger partial charge in [-0.1, -0.05) is 40.2 Å². The Labute approximate surface area is 111 Å². The minimum Gasteiger partial charge on any atom is -0.261 e. The largest absolute Gasteiger partial charge is 0.261 e. The van der Waals surface area contributed by atoms with E-state index >= 15 is 0 Å². The van der Waals surface area contributed by atoms with Crippen LogP contribution in [0.25, 0.3) is 0 Å². The van der Waals surface area contributed by atoms with Crippen molar-refractivity contribution in [1.29, 1.82) is 0 Å². The van der Waals surface area contributed by atoms with Crippen LogP contribution in [0, 0.1) is 13.8 Å². The van der Waals surface area contributed by atoms with E-state index in [-0.39, 0.29) is 0 Å². The number of hydrogen-bond acceptors (Lipinski definition) is 1. The lowest BCUT2D eigenvalue weighted by molar-refractivity contribution is 0.889. The average Bonchev–Trinajstić information content (AvgIpc) is 2.30. The third-order valence-electron chi connectivity index (χ3n) is 2.97. The molecular formula is C15H16BrN. The second-order valence-electron chi connectivity index (χ2n) is 4.30. The van der Waals surface area contributed by atoms with Crippen molar-refractivity contribution in [2.24, 2.45) is 0 Å². The molecule has 1 atom stereocenters. The van der Waals surface area contributed by atoms with Crippen molar-refractivity contribution in [3.63, 3.8) is 0 Å². The second-order valence-corrected chi connectivity index (χ2v) is 5.40. The van der Waals surface area contributed by atoms with Crippen LogP contribution >= 0.6 is 15.9 Å². The van der Waals surface area contributed by atoms with E-state index in [1.807, 2.05) is 18.3 Å². The predicted octanol–water partition coefficient (Wildman–Crippen LogP) is 4.38. The summed E-state index contributed by atoms with van der Waals surface area (Å²) in [5.74, 6) is 0. The minimum atomic E-state index is 0.332. The topological polar surface area (TPSA) is 12.9 Å². The van der Waals surface area contributed by atoms with Crippen molar-refractivity contribution >= 4 is 15.9 Å². The molecular weight excluding hydrogens is 274 g/mol. The first-order chi connectivity index (χ1) is 8.18. The van der Waals surface area contributed by atoms with E-state index in [2.05, 4.69) is 59.0 Å². The molecule has 0 aliphatic heterocycles. The monoisotopic (exact) mass is 289 g/mol. The number of rotatable bonds is 3. The van der Waals surface area contributed by atoms with Gasteiger partial charge in [0.1, 0.15) is 0 Å². The molecule has 0 aliphatic rings. The fourth-order valence-electron chi connectivity index (χ4n) is 2.13. The predicted molar refractivity (Wildman–Crippen MR) is 75.5 cm³/mol. The molecule has 2 rings (SSSR count). The molecule has 0 spiro atoms. The van der Waals surface area contributed by atoms with E-state index in [1.54, 1.807) is 0 Å². The van der Waals surface area contributed by atoms with Gasteiger partial charge >= 0.3 is 0 Å². The summed E-state index contributed by atoms with van der Waals surface area (Å²) in [5, 5.41) is 0. The van der Waals surface area contributed by atoms with E-state index < -0.39 is 0 Å². The molecule has 1 aromatic heterocycles. The third-order valence-corrected chi connectivity index (χ3v) is 3.75. The van der Waals surface area contributed by atoms with Crippen LogP contribution in [0.1, 0.15) is 27.2 Å². The Morgan fingerprint density at radius 1 is 1.06 bits per heavy atom. The highest BCUT2D eigenvalue weighted by Gasteiger charge is 2.13. The van der Waals surface area contributed by atoms with Crippen molar-refractivity contribution < 1.29 is 0 Å². The SMILES string of the molecule is Cc1cccc(C)c1C(Br)Cc1ccccn1. The van der Waals surface area contributed by atoms with Crippen molar-refractivity contribution in [3.05, 3.63) is 65.0 Å². The van der Waals surface area contributed by atoms with Gasteiger partial charge in [0.15, 0.2) is 0 Å². The molecule has 0 fully saturated rings. The number of aryl methyl sites for hydroxylation is 2. The zero-order valence-corrected chi connectivity index (χ0v) is 11.7. The van der Waals surface area contributed by atoms with Gasteiger partial charge in [-0.15, -0.1) is 0 Å². The third kappa shape index (κ3) is 2.95.